The van der Waals surface area contributed by atoms with Gasteiger partial charge in [-0.1, -0.05) is 49.0 Å². The van der Waals surface area contributed by atoms with Crippen LogP contribution in [-0.4, -0.2) is 20.3 Å². The number of nitrogens with zero attached hydrogens (tertiary/aromatic N) is 4. The Labute approximate surface area is 132 Å². The molecule has 2 aromatic heterocycles. The summed E-state index contributed by atoms with van der Waals surface area (Å²) in [6.45, 7) is 4.23. The summed E-state index contributed by atoms with van der Waals surface area (Å²) in [5.74, 6) is 2.85. The minimum Gasteiger partial charge on any atom is -0.411 e. The zero-order chi connectivity index (χ0) is 15.4. The summed E-state index contributed by atoms with van der Waals surface area (Å²) >= 11 is 1.40. The highest BCUT2D eigenvalue weighted by Crippen LogP contribution is 2.24. The summed E-state index contributed by atoms with van der Waals surface area (Å²) in [5, 5.41) is 12.5. The molecular formula is C15H16N4O2S. The zero-order valence-electron chi connectivity index (χ0n) is 12.4. The van der Waals surface area contributed by atoms with Crippen molar-refractivity contribution in [3.05, 3.63) is 42.0 Å². The Bertz CT molecular complexity index is 724. The molecule has 0 amide bonds. The van der Waals surface area contributed by atoms with Crippen LogP contribution in [0.1, 0.15) is 25.6 Å². The van der Waals surface area contributed by atoms with Gasteiger partial charge in [-0.2, -0.15) is 4.98 Å². The molecule has 3 aromatic rings. The normalized spacial score (nSPS) is 11.2. The molecule has 0 spiro atoms. The average molecular weight is 316 g/mol. The highest BCUT2D eigenvalue weighted by molar-refractivity contribution is 7.98. The van der Waals surface area contributed by atoms with Crippen LogP contribution < -0.4 is 0 Å². The number of thioether (sulfide) groups is 1. The molecule has 0 N–H and O–H groups in total. The number of hydrogen-bond acceptors (Lipinski definition) is 7. The van der Waals surface area contributed by atoms with Gasteiger partial charge in [0.25, 0.3) is 5.22 Å². The van der Waals surface area contributed by atoms with Crippen LogP contribution in [0.4, 0.5) is 0 Å². The Hall–Kier alpha value is -2.15. The Morgan fingerprint density at radius 3 is 2.73 bits per heavy atom. The maximum atomic E-state index is 5.62. The van der Waals surface area contributed by atoms with Crippen LogP contribution in [0.3, 0.4) is 0 Å². The zero-order valence-corrected chi connectivity index (χ0v) is 13.2. The van der Waals surface area contributed by atoms with Crippen molar-refractivity contribution in [1.29, 1.82) is 0 Å². The fraction of sp³-hybridized carbons (Fsp3) is 0.333. The van der Waals surface area contributed by atoms with Gasteiger partial charge in [-0.25, -0.2) is 0 Å². The average Bonchev–Trinajstić information content (AvgIpc) is 3.15. The molecule has 114 valence electrons. The van der Waals surface area contributed by atoms with Gasteiger partial charge in [0.2, 0.25) is 11.8 Å². The van der Waals surface area contributed by atoms with Crippen LogP contribution in [-0.2, 0) is 12.2 Å². The molecule has 3 rings (SSSR count). The third-order valence-corrected chi connectivity index (χ3v) is 3.66. The molecule has 0 saturated carbocycles. The Balaban J connectivity index is 1.60. The van der Waals surface area contributed by atoms with Gasteiger partial charge in [0.1, 0.15) is 0 Å². The van der Waals surface area contributed by atoms with E-state index < -0.39 is 0 Å². The minimum atomic E-state index is 0.491. The van der Waals surface area contributed by atoms with Crippen molar-refractivity contribution in [2.45, 2.75) is 31.2 Å². The van der Waals surface area contributed by atoms with Crippen molar-refractivity contribution < 1.29 is 8.94 Å². The van der Waals surface area contributed by atoms with Gasteiger partial charge in [0.15, 0.2) is 5.82 Å². The van der Waals surface area contributed by atoms with Gasteiger partial charge in [-0.3, -0.25) is 0 Å². The van der Waals surface area contributed by atoms with Crippen LogP contribution >= 0.6 is 11.8 Å². The predicted molar refractivity (Wildman–Crippen MR) is 82.1 cm³/mol. The summed E-state index contributed by atoms with van der Waals surface area (Å²) in [7, 11) is 0. The SMILES string of the molecule is CC(C)Cc1nc(CSc2nnc(-c3ccccc3)o2)no1. The topological polar surface area (TPSA) is 77.8 Å². The molecule has 22 heavy (non-hydrogen) atoms. The van der Waals surface area contributed by atoms with Crippen LogP contribution in [0.2, 0.25) is 0 Å². The lowest BCUT2D eigenvalue weighted by molar-refractivity contribution is 0.360. The first-order valence-electron chi connectivity index (χ1n) is 7.04. The van der Waals surface area contributed by atoms with E-state index in [9.17, 15) is 0 Å². The second-order valence-electron chi connectivity index (χ2n) is 5.23. The first-order valence-corrected chi connectivity index (χ1v) is 8.02. The van der Waals surface area contributed by atoms with E-state index in [0.29, 0.717) is 34.5 Å². The second-order valence-corrected chi connectivity index (χ2v) is 6.16. The van der Waals surface area contributed by atoms with Gasteiger partial charge in [-0.05, 0) is 18.1 Å². The molecule has 0 radical (unpaired) electrons. The molecule has 7 heteroatoms. The van der Waals surface area contributed by atoms with Gasteiger partial charge in [0.05, 0.1) is 5.75 Å². The number of aromatic nitrogens is 4. The van der Waals surface area contributed by atoms with Crippen LogP contribution in [0.15, 0.2) is 44.5 Å². The lowest BCUT2D eigenvalue weighted by atomic mass is 10.1. The van der Waals surface area contributed by atoms with E-state index in [4.69, 9.17) is 8.94 Å². The molecule has 6 nitrogen and oxygen atoms in total. The number of benzene rings is 1. The van der Waals surface area contributed by atoms with Crippen LogP contribution in [0.5, 0.6) is 0 Å². The maximum Gasteiger partial charge on any atom is 0.277 e. The molecule has 0 fully saturated rings. The highest BCUT2D eigenvalue weighted by atomic mass is 32.2. The van der Waals surface area contributed by atoms with Crippen molar-refractivity contribution in [3.8, 4) is 11.5 Å². The number of hydrogen-bond donors (Lipinski definition) is 0. The van der Waals surface area contributed by atoms with E-state index >= 15 is 0 Å². The summed E-state index contributed by atoms with van der Waals surface area (Å²) < 4.78 is 10.8. The minimum absolute atomic E-state index is 0.491. The Morgan fingerprint density at radius 1 is 1.14 bits per heavy atom. The van der Waals surface area contributed by atoms with Gasteiger partial charge in [-0.15, -0.1) is 10.2 Å². The molecule has 0 aliphatic carbocycles. The first kappa shape index (κ1) is 14.8. The van der Waals surface area contributed by atoms with Gasteiger partial charge in [0, 0.05) is 12.0 Å². The Kier molecular flexibility index (Phi) is 4.53. The second kappa shape index (κ2) is 6.74. The molecule has 2 heterocycles. The summed E-state index contributed by atoms with van der Waals surface area (Å²) in [4.78, 5) is 4.34. The number of rotatable bonds is 6. The highest BCUT2D eigenvalue weighted by Gasteiger charge is 2.12. The van der Waals surface area contributed by atoms with E-state index in [1.165, 1.54) is 11.8 Å². The third kappa shape index (κ3) is 3.73. The molecule has 0 aliphatic heterocycles. The fourth-order valence-electron chi connectivity index (χ4n) is 1.87. The standard InChI is InChI=1S/C15H16N4O2S/c1-10(2)8-13-16-12(19-21-13)9-22-15-18-17-14(20-15)11-6-4-3-5-7-11/h3-7,10H,8-9H2,1-2H3. The molecule has 0 atom stereocenters. The van der Waals surface area contributed by atoms with E-state index in [1.807, 2.05) is 30.3 Å². The molecule has 1 aromatic carbocycles. The van der Waals surface area contributed by atoms with Crippen molar-refractivity contribution in [2.24, 2.45) is 5.92 Å². The van der Waals surface area contributed by atoms with E-state index in [1.54, 1.807) is 0 Å². The maximum absolute atomic E-state index is 5.62. The van der Waals surface area contributed by atoms with E-state index in [0.717, 1.165) is 12.0 Å². The monoisotopic (exact) mass is 316 g/mol. The first-order chi connectivity index (χ1) is 10.7. The van der Waals surface area contributed by atoms with Crippen molar-refractivity contribution >= 4 is 11.8 Å². The van der Waals surface area contributed by atoms with Crippen molar-refractivity contribution in [1.82, 2.24) is 20.3 Å². The molecule has 0 bridgehead atoms. The largest absolute Gasteiger partial charge is 0.411 e. The fourth-order valence-corrected chi connectivity index (χ4v) is 2.48. The third-order valence-electron chi connectivity index (χ3n) is 2.84. The molecular weight excluding hydrogens is 300 g/mol. The summed E-state index contributed by atoms with van der Waals surface area (Å²) in [5.41, 5.74) is 0.903. The lowest BCUT2D eigenvalue weighted by Crippen LogP contribution is -1.94. The summed E-state index contributed by atoms with van der Waals surface area (Å²) in [6, 6.07) is 9.67. The van der Waals surface area contributed by atoms with E-state index in [2.05, 4.69) is 34.2 Å². The molecule has 0 aliphatic rings. The van der Waals surface area contributed by atoms with Gasteiger partial charge < -0.3 is 8.94 Å². The summed E-state index contributed by atoms with van der Waals surface area (Å²) in [6.07, 6.45) is 0.788. The lowest BCUT2D eigenvalue weighted by Gasteiger charge is -1.95. The van der Waals surface area contributed by atoms with Crippen molar-refractivity contribution in [3.63, 3.8) is 0 Å². The Morgan fingerprint density at radius 2 is 1.95 bits per heavy atom. The van der Waals surface area contributed by atoms with Crippen molar-refractivity contribution in [2.75, 3.05) is 0 Å². The van der Waals surface area contributed by atoms with Crippen LogP contribution in [0, 0.1) is 5.92 Å². The quantitative estimate of drug-likeness (QED) is 0.643. The molecule has 0 saturated heterocycles. The van der Waals surface area contributed by atoms with Gasteiger partial charge >= 0.3 is 0 Å². The molecule has 0 unspecified atom stereocenters. The van der Waals surface area contributed by atoms with E-state index in [-0.39, 0.29) is 0 Å². The smallest absolute Gasteiger partial charge is 0.277 e. The predicted octanol–water partition coefficient (Wildman–Crippen LogP) is 3.61. The van der Waals surface area contributed by atoms with Crippen LogP contribution in [0.25, 0.3) is 11.5 Å².